The quantitative estimate of drug-likeness (QED) is 0.804. The number of nitrogens with one attached hydrogen (secondary N) is 1. The van der Waals surface area contributed by atoms with Crippen LogP contribution < -0.4 is 10.1 Å². The molecule has 1 heterocycles. The van der Waals surface area contributed by atoms with Crippen LogP contribution in [0.3, 0.4) is 0 Å². The van der Waals surface area contributed by atoms with Crippen LogP contribution in [0.15, 0.2) is 23.1 Å². The summed E-state index contributed by atoms with van der Waals surface area (Å²) in [6, 6.07) is 4.76. The summed E-state index contributed by atoms with van der Waals surface area (Å²) in [5.41, 5.74) is 0.747. The first kappa shape index (κ1) is 19.7. The molecule has 7 nitrogen and oxygen atoms in total. The third kappa shape index (κ3) is 4.93. The minimum Gasteiger partial charge on any atom is -0.491 e. The molecule has 1 fully saturated rings. The highest BCUT2D eigenvalue weighted by Gasteiger charge is 2.26. The largest absolute Gasteiger partial charge is 0.491 e. The molecule has 8 heteroatoms. The fourth-order valence-corrected chi connectivity index (χ4v) is 3.84. The number of amides is 1. The summed E-state index contributed by atoms with van der Waals surface area (Å²) in [6.07, 6.45) is 0.0143. The van der Waals surface area contributed by atoms with Crippen molar-refractivity contribution in [2.24, 2.45) is 0 Å². The van der Waals surface area contributed by atoms with E-state index >= 15 is 0 Å². The van der Waals surface area contributed by atoms with Gasteiger partial charge < -0.3 is 15.0 Å². The lowest BCUT2D eigenvalue weighted by Gasteiger charge is -2.29. The summed E-state index contributed by atoms with van der Waals surface area (Å²) in [6.45, 7) is 8.16. The smallest absolute Gasteiger partial charge is 0.243 e. The van der Waals surface area contributed by atoms with Gasteiger partial charge in [-0.3, -0.25) is 4.79 Å². The number of carbonyl (C=O) groups excluding carboxylic acids is 1. The number of hydrogen-bond acceptors (Lipinski definition) is 5. The topological polar surface area (TPSA) is 79.0 Å². The Kier molecular flexibility index (Phi) is 6.42. The van der Waals surface area contributed by atoms with E-state index in [0.717, 1.165) is 23.0 Å². The molecule has 1 amide bonds. The van der Waals surface area contributed by atoms with Crippen molar-refractivity contribution >= 4 is 15.9 Å². The van der Waals surface area contributed by atoms with Crippen LogP contribution in [0.25, 0.3) is 0 Å². The molecule has 1 aliphatic heterocycles. The monoisotopic (exact) mass is 369 g/mol. The molecule has 0 spiro atoms. The Morgan fingerprint density at radius 1 is 1.32 bits per heavy atom. The predicted molar refractivity (Wildman–Crippen MR) is 96.2 cm³/mol. The minimum atomic E-state index is -3.73. The molecule has 0 bridgehead atoms. The van der Waals surface area contributed by atoms with Gasteiger partial charge in [0.1, 0.15) is 5.75 Å². The van der Waals surface area contributed by atoms with Crippen LogP contribution in [0.1, 0.15) is 19.4 Å². The van der Waals surface area contributed by atoms with Gasteiger partial charge in [0.15, 0.2) is 0 Å². The maximum absolute atomic E-state index is 12.7. The molecular weight excluding hydrogens is 342 g/mol. The molecule has 25 heavy (non-hydrogen) atoms. The molecule has 1 N–H and O–H groups in total. The molecule has 1 aromatic rings. The zero-order valence-corrected chi connectivity index (χ0v) is 16.1. The number of piperazine rings is 1. The van der Waals surface area contributed by atoms with Gasteiger partial charge in [-0.2, -0.15) is 4.31 Å². The van der Waals surface area contributed by atoms with Crippen molar-refractivity contribution in [3.63, 3.8) is 0 Å². The maximum Gasteiger partial charge on any atom is 0.243 e. The van der Waals surface area contributed by atoms with E-state index in [1.54, 1.807) is 17.0 Å². The lowest BCUT2D eigenvalue weighted by atomic mass is 10.2. The SMILES string of the molecule is Cc1cc(S(=O)(=O)N(C)CC(=O)N2CCNCC2)ccc1OC(C)C. The fraction of sp³-hybridized carbons (Fsp3) is 0.588. The van der Waals surface area contributed by atoms with Crippen LogP contribution in [0, 0.1) is 6.92 Å². The number of ether oxygens (including phenoxy) is 1. The van der Waals surface area contributed by atoms with E-state index in [1.807, 2.05) is 20.8 Å². The van der Waals surface area contributed by atoms with Crippen LogP contribution in [0.5, 0.6) is 5.75 Å². The van der Waals surface area contributed by atoms with Gasteiger partial charge in [0.2, 0.25) is 15.9 Å². The Hall–Kier alpha value is -1.64. The maximum atomic E-state index is 12.7. The van der Waals surface area contributed by atoms with Gasteiger partial charge >= 0.3 is 0 Å². The summed E-state index contributed by atoms with van der Waals surface area (Å²) in [4.78, 5) is 14.2. The Balaban J connectivity index is 2.11. The van der Waals surface area contributed by atoms with Crippen molar-refractivity contribution in [1.82, 2.24) is 14.5 Å². The van der Waals surface area contributed by atoms with E-state index in [9.17, 15) is 13.2 Å². The van der Waals surface area contributed by atoms with E-state index in [1.165, 1.54) is 13.1 Å². The van der Waals surface area contributed by atoms with Gasteiger partial charge in [-0.15, -0.1) is 0 Å². The number of aryl methyl sites for hydroxylation is 1. The van der Waals surface area contributed by atoms with Crippen molar-refractivity contribution in [2.75, 3.05) is 39.8 Å². The second-order valence-electron chi connectivity index (χ2n) is 6.49. The molecule has 0 aliphatic carbocycles. The third-order valence-corrected chi connectivity index (χ3v) is 5.84. The molecule has 140 valence electrons. The summed E-state index contributed by atoms with van der Waals surface area (Å²) in [7, 11) is -2.29. The highest BCUT2D eigenvalue weighted by atomic mass is 32.2. The first-order valence-corrected chi connectivity index (χ1v) is 9.88. The van der Waals surface area contributed by atoms with Crippen molar-refractivity contribution in [1.29, 1.82) is 0 Å². The fourth-order valence-electron chi connectivity index (χ4n) is 2.64. The van der Waals surface area contributed by atoms with E-state index in [-0.39, 0.29) is 23.5 Å². The molecule has 0 atom stereocenters. The zero-order chi connectivity index (χ0) is 18.6. The standard InChI is InChI=1S/C17H27N3O4S/c1-13(2)24-16-6-5-15(11-14(16)3)25(22,23)19(4)12-17(21)20-9-7-18-8-10-20/h5-6,11,13,18H,7-10,12H2,1-4H3. The van der Waals surface area contributed by atoms with E-state index in [2.05, 4.69) is 5.32 Å². The van der Waals surface area contributed by atoms with Gasteiger partial charge in [0, 0.05) is 33.2 Å². The van der Waals surface area contributed by atoms with Crippen LogP contribution in [0.2, 0.25) is 0 Å². The van der Waals surface area contributed by atoms with Gasteiger partial charge in [-0.25, -0.2) is 8.42 Å². The highest BCUT2D eigenvalue weighted by molar-refractivity contribution is 7.89. The Labute approximate surface area is 150 Å². The first-order chi connectivity index (χ1) is 11.7. The average Bonchev–Trinajstić information content (AvgIpc) is 2.56. The molecular formula is C17H27N3O4S. The third-order valence-electron chi connectivity index (χ3n) is 4.04. The van der Waals surface area contributed by atoms with Crippen molar-refractivity contribution in [2.45, 2.75) is 31.8 Å². The van der Waals surface area contributed by atoms with Gasteiger partial charge in [-0.05, 0) is 44.5 Å². The summed E-state index contributed by atoms with van der Waals surface area (Å²) in [5.74, 6) is 0.484. The second-order valence-corrected chi connectivity index (χ2v) is 8.53. The van der Waals surface area contributed by atoms with E-state index in [0.29, 0.717) is 18.8 Å². The lowest BCUT2D eigenvalue weighted by Crippen LogP contribution is -2.49. The number of hydrogen-bond donors (Lipinski definition) is 1. The van der Waals surface area contributed by atoms with Crippen LogP contribution >= 0.6 is 0 Å². The Morgan fingerprint density at radius 3 is 2.52 bits per heavy atom. The Bertz CT molecular complexity index is 713. The number of nitrogens with zero attached hydrogens (tertiary/aromatic N) is 2. The van der Waals surface area contributed by atoms with Crippen LogP contribution in [-0.2, 0) is 14.8 Å². The summed E-state index contributed by atoms with van der Waals surface area (Å²) < 4.78 is 32.2. The molecule has 0 saturated carbocycles. The van der Waals surface area contributed by atoms with Gasteiger partial charge in [0.25, 0.3) is 0 Å². The molecule has 1 aromatic carbocycles. The number of benzene rings is 1. The lowest BCUT2D eigenvalue weighted by molar-refractivity contribution is -0.131. The molecule has 2 rings (SSSR count). The van der Waals surface area contributed by atoms with Crippen molar-refractivity contribution in [3.05, 3.63) is 23.8 Å². The normalized spacial score (nSPS) is 15.7. The van der Waals surface area contributed by atoms with Crippen LogP contribution in [0.4, 0.5) is 0 Å². The molecule has 0 aromatic heterocycles. The second kappa shape index (κ2) is 8.16. The average molecular weight is 369 g/mol. The minimum absolute atomic E-state index is 0.0143. The van der Waals surface area contributed by atoms with Crippen molar-refractivity contribution in [3.8, 4) is 5.75 Å². The molecule has 0 unspecified atom stereocenters. The zero-order valence-electron chi connectivity index (χ0n) is 15.3. The molecule has 1 saturated heterocycles. The number of carbonyl (C=O) groups is 1. The first-order valence-electron chi connectivity index (χ1n) is 8.44. The number of sulfonamides is 1. The van der Waals surface area contributed by atoms with Crippen LogP contribution in [-0.4, -0.2) is 69.4 Å². The summed E-state index contributed by atoms with van der Waals surface area (Å²) in [5, 5.41) is 3.17. The number of rotatable bonds is 6. The predicted octanol–water partition coefficient (Wildman–Crippen LogP) is 0.835. The Morgan fingerprint density at radius 2 is 1.96 bits per heavy atom. The highest BCUT2D eigenvalue weighted by Crippen LogP contribution is 2.24. The van der Waals surface area contributed by atoms with Gasteiger partial charge in [-0.1, -0.05) is 0 Å². The summed E-state index contributed by atoms with van der Waals surface area (Å²) >= 11 is 0. The van der Waals surface area contributed by atoms with Gasteiger partial charge in [0.05, 0.1) is 17.5 Å². The van der Waals surface area contributed by atoms with E-state index in [4.69, 9.17) is 4.74 Å². The molecule has 0 radical (unpaired) electrons. The van der Waals surface area contributed by atoms with Crippen molar-refractivity contribution < 1.29 is 17.9 Å². The number of likely N-dealkylation sites (N-methyl/N-ethyl adjacent to an activating group) is 1. The molecule has 1 aliphatic rings. The van der Waals surface area contributed by atoms with E-state index < -0.39 is 10.0 Å².